The molecule has 1 rings (SSSR count). The number of sulfonamides is 1. The highest BCUT2D eigenvalue weighted by atomic mass is 79.9. The van der Waals surface area contributed by atoms with Crippen LogP contribution in [0, 0.1) is 0 Å². The van der Waals surface area contributed by atoms with Crippen LogP contribution in [0.4, 0.5) is 0 Å². The summed E-state index contributed by atoms with van der Waals surface area (Å²) in [5.74, 6) is -2.53. The molecule has 1 amide bonds. The number of carbonyl (C=O) groups excluding carboxylic acids is 1. The third-order valence-corrected chi connectivity index (χ3v) is 5.08. The molecule has 0 aromatic heterocycles. The van der Waals surface area contributed by atoms with Crippen molar-refractivity contribution in [1.82, 2.24) is 4.72 Å². The summed E-state index contributed by atoms with van der Waals surface area (Å²) in [5.41, 5.74) is 4.87. The van der Waals surface area contributed by atoms with Gasteiger partial charge in [-0.15, -0.1) is 0 Å². The van der Waals surface area contributed by atoms with Gasteiger partial charge < -0.3 is 10.8 Å². The van der Waals surface area contributed by atoms with Crippen molar-refractivity contribution >= 4 is 61.0 Å². The van der Waals surface area contributed by atoms with Gasteiger partial charge in [-0.1, -0.05) is 39.1 Å². The first-order valence-corrected chi connectivity index (χ1v) is 8.26. The molecule has 0 aliphatic carbocycles. The first-order valence-electron chi connectivity index (χ1n) is 5.22. The van der Waals surface area contributed by atoms with Crippen LogP contribution in [0.2, 0.25) is 10.0 Å². The molecule has 0 saturated heterocycles. The number of aliphatic carboxylic acids is 1. The number of carboxylic acid groups (broad SMARTS) is 1. The first-order chi connectivity index (χ1) is 9.54. The molecule has 0 spiro atoms. The fourth-order valence-corrected chi connectivity index (χ4v) is 4.54. The van der Waals surface area contributed by atoms with Gasteiger partial charge in [0.25, 0.3) is 0 Å². The van der Waals surface area contributed by atoms with Gasteiger partial charge in [0.05, 0.1) is 16.5 Å². The van der Waals surface area contributed by atoms with Crippen LogP contribution < -0.4 is 10.5 Å². The smallest absolute Gasteiger partial charge is 0.322 e. The quantitative estimate of drug-likeness (QED) is 0.641. The molecule has 11 heteroatoms. The Kier molecular flexibility index (Phi) is 6.00. The van der Waals surface area contributed by atoms with E-state index in [4.69, 9.17) is 34.0 Å². The Morgan fingerprint density at radius 2 is 1.81 bits per heavy atom. The number of nitrogens with two attached hydrogens (primary N) is 1. The highest BCUT2D eigenvalue weighted by Gasteiger charge is 2.30. The van der Waals surface area contributed by atoms with Crippen LogP contribution in [-0.4, -0.2) is 31.4 Å². The van der Waals surface area contributed by atoms with E-state index in [2.05, 4.69) is 15.9 Å². The number of rotatable bonds is 6. The van der Waals surface area contributed by atoms with Crippen molar-refractivity contribution < 1.29 is 23.1 Å². The van der Waals surface area contributed by atoms with Gasteiger partial charge in [-0.3, -0.25) is 9.59 Å². The molecule has 0 heterocycles. The van der Waals surface area contributed by atoms with Crippen molar-refractivity contribution in [3.63, 3.8) is 0 Å². The number of carbonyl (C=O) groups is 2. The predicted octanol–water partition coefficient (Wildman–Crippen LogP) is 1.36. The zero-order valence-corrected chi connectivity index (χ0v) is 14.1. The molecule has 0 aliphatic rings. The normalized spacial score (nSPS) is 12.9. The lowest BCUT2D eigenvalue weighted by atomic mass is 10.2. The number of nitrogens with one attached hydrogen (secondary N) is 1. The monoisotopic (exact) mass is 418 g/mol. The Balaban J connectivity index is 3.23. The van der Waals surface area contributed by atoms with Gasteiger partial charge in [-0.25, -0.2) is 8.42 Å². The van der Waals surface area contributed by atoms with Crippen LogP contribution in [0.1, 0.15) is 6.42 Å². The molecule has 4 N–H and O–H groups in total. The summed E-state index contributed by atoms with van der Waals surface area (Å²) >= 11 is 14.7. The van der Waals surface area contributed by atoms with Crippen molar-refractivity contribution in [3.05, 3.63) is 26.7 Å². The molecule has 1 atom stereocenters. The van der Waals surface area contributed by atoms with E-state index >= 15 is 0 Å². The maximum atomic E-state index is 12.2. The van der Waals surface area contributed by atoms with Crippen LogP contribution in [0.3, 0.4) is 0 Å². The Hall–Kier alpha value is -0.870. The number of halogens is 3. The summed E-state index contributed by atoms with van der Waals surface area (Å²) in [6.07, 6.45) is -0.708. The van der Waals surface area contributed by atoms with Gasteiger partial charge in [0.2, 0.25) is 15.9 Å². The van der Waals surface area contributed by atoms with E-state index in [9.17, 15) is 18.0 Å². The minimum atomic E-state index is -4.35. The Labute approximate surface area is 138 Å². The SMILES string of the molecule is NC(=O)CC(NS(=O)(=O)c1c(Cl)cc(Br)cc1Cl)C(=O)O. The van der Waals surface area contributed by atoms with E-state index in [1.54, 1.807) is 0 Å². The fraction of sp³-hybridized carbons (Fsp3) is 0.200. The Bertz CT molecular complexity index is 672. The number of primary amides is 1. The van der Waals surface area contributed by atoms with Crippen molar-refractivity contribution in [2.45, 2.75) is 17.4 Å². The molecule has 1 aromatic rings. The van der Waals surface area contributed by atoms with Crippen LogP contribution in [0.25, 0.3) is 0 Å². The molecule has 116 valence electrons. The lowest BCUT2D eigenvalue weighted by Crippen LogP contribution is -2.43. The molecule has 21 heavy (non-hydrogen) atoms. The van der Waals surface area contributed by atoms with Gasteiger partial charge >= 0.3 is 5.97 Å². The number of benzene rings is 1. The molecule has 0 radical (unpaired) electrons. The van der Waals surface area contributed by atoms with Gasteiger partial charge in [0.15, 0.2) is 0 Å². The minimum absolute atomic E-state index is 0.204. The highest BCUT2D eigenvalue weighted by Crippen LogP contribution is 2.32. The summed E-state index contributed by atoms with van der Waals surface area (Å²) < 4.78 is 26.6. The third kappa shape index (κ3) is 4.82. The molecule has 1 unspecified atom stereocenters. The van der Waals surface area contributed by atoms with Gasteiger partial charge in [0.1, 0.15) is 10.9 Å². The highest BCUT2D eigenvalue weighted by molar-refractivity contribution is 9.10. The Morgan fingerprint density at radius 1 is 1.33 bits per heavy atom. The van der Waals surface area contributed by atoms with E-state index in [0.29, 0.717) is 4.47 Å². The number of amides is 1. The zero-order valence-electron chi connectivity index (χ0n) is 10.1. The van der Waals surface area contributed by atoms with Gasteiger partial charge in [-0.05, 0) is 12.1 Å². The predicted molar refractivity (Wildman–Crippen MR) is 79.7 cm³/mol. The van der Waals surface area contributed by atoms with E-state index in [1.165, 1.54) is 12.1 Å². The minimum Gasteiger partial charge on any atom is -0.480 e. The molecule has 7 nitrogen and oxygen atoms in total. The van der Waals surface area contributed by atoms with E-state index in [1.807, 2.05) is 4.72 Å². The summed E-state index contributed by atoms with van der Waals surface area (Å²) in [5, 5.41) is 8.50. The van der Waals surface area contributed by atoms with Gasteiger partial charge in [-0.2, -0.15) is 4.72 Å². The van der Waals surface area contributed by atoms with Crippen molar-refractivity contribution in [2.75, 3.05) is 0 Å². The number of hydrogen-bond donors (Lipinski definition) is 3. The second-order valence-electron chi connectivity index (χ2n) is 3.88. The largest absolute Gasteiger partial charge is 0.480 e. The topological polar surface area (TPSA) is 127 Å². The average Bonchev–Trinajstić information content (AvgIpc) is 2.24. The van der Waals surface area contributed by atoms with E-state index < -0.39 is 39.3 Å². The first kappa shape index (κ1) is 18.2. The van der Waals surface area contributed by atoms with Crippen LogP contribution in [-0.2, 0) is 19.6 Å². The maximum Gasteiger partial charge on any atom is 0.322 e. The molecule has 0 bridgehead atoms. The summed E-state index contributed by atoms with van der Waals surface area (Å²) in [6, 6.07) is 0.848. The van der Waals surface area contributed by atoms with Crippen molar-refractivity contribution in [1.29, 1.82) is 0 Å². The fourth-order valence-electron chi connectivity index (χ4n) is 1.41. The van der Waals surface area contributed by atoms with E-state index in [-0.39, 0.29) is 10.0 Å². The number of hydrogen-bond acceptors (Lipinski definition) is 4. The molecule has 0 fully saturated rings. The van der Waals surface area contributed by atoms with Crippen molar-refractivity contribution in [2.24, 2.45) is 5.73 Å². The lowest BCUT2D eigenvalue weighted by Gasteiger charge is -2.15. The molecule has 0 saturated carbocycles. The molecular formula is C10H9BrCl2N2O5S. The summed E-state index contributed by atoms with van der Waals surface area (Å²) in [4.78, 5) is 21.3. The van der Waals surface area contributed by atoms with Crippen LogP contribution in [0.15, 0.2) is 21.5 Å². The third-order valence-electron chi connectivity index (χ3n) is 2.23. The average molecular weight is 420 g/mol. The molecular weight excluding hydrogens is 411 g/mol. The number of carboxylic acids is 1. The summed E-state index contributed by atoms with van der Waals surface area (Å²) in [7, 11) is -4.35. The second kappa shape index (κ2) is 6.93. The maximum absolute atomic E-state index is 12.2. The lowest BCUT2D eigenvalue weighted by molar-refractivity contribution is -0.140. The zero-order chi connectivity index (χ0) is 16.4. The van der Waals surface area contributed by atoms with Crippen LogP contribution >= 0.6 is 39.1 Å². The van der Waals surface area contributed by atoms with E-state index in [0.717, 1.165) is 0 Å². The van der Waals surface area contributed by atoms with Crippen molar-refractivity contribution in [3.8, 4) is 0 Å². The Morgan fingerprint density at radius 3 is 2.19 bits per heavy atom. The van der Waals surface area contributed by atoms with Crippen LogP contribution in [0.5, 0.6) is 0 Å². The summed E-state index contributed by atoms with van der Waals surface area (Å²) in [6.45, 7) is 0. The molecule has 0 aliphatic heterocycles. The van der Waals surface area contributed by atoms with Gasteiger partial charge in [0, 0.05) is 4.47 Å². The standard InChI is InChI=1S/C10H9BrCl2N2O5S/c11-4-1-5(12)9(6(13)2-4)21(19,20)15-7(10(17)18)3-8(14)16/h1-2,7,15H,3H2,(H2,14,16)(H,17,18). The molecule has 1 aromatic carbocycles. The second-order valence-corrected chi connectivity index (χ2v) is 7.26.